The first-order chi connectivity index (χ1) is 6.49. The molecule has 14 heavy (non-hydrogen) atoms. The second-order valence-electron chi connectivity index (χ2n) is 3.74. The van der Waals surface area contributed by atoms with E-state index in [-0.39, 0.29) is 0 Å². The van der Waals surface area contributed by atoms with Gasteiger partial charge in [-0.1, -0.05) is 13.8 Å². The van der Waals surface area contributed by atoms with Crippen LogP contribution < -0.4 is 0 Å². The van der Waals surface area contributed by atoms with E-state index < -0.39 is 5.97 Å². The topological polar surface area (TPSA) is 42.2 Å². The van der Waals surface area contributed by atoms with Crippen LogP contribution in [-0.4, -0.2) is 15.6 Å². The van der Waals surface area contributed by atoms with Crippen molar-refractivity contribution in [2.24, 2.45) is 7.05 Å². The van der Waals surface area contributed by atoms with Crippen molar-refractivity contribution in [3.63, 3.8) is 0 Å². The smallest absolute Gasteiger partial charge is 0.337 e. The largest absolute Gasteiger partial charge is 0.478 e. The highest BCUT2D eigenvalue weighted by Crippen LogP contribution is 2.23. The van der Waals surface area contributed by atoms with Gasteiger partial charge in [-0.3, -0.25) is 0 Å². The molecule has 1 rings (SSSR count). The minimum atomic E-state index is -0.840. The normalized spacial score (nSPS) is 12.9. The van der Waals surface area contributed by atoms with Crippen molar-refractivity contribution in [3.8, 4) is 0 Å². The molecule has 78 valence electrons. The first-order valence-electron chi connectivity index (χ1n) is 4.88. The molecule has 0 aliphatic carbocycles. The van der Waals surface area contributed by atoms with Gasteiger partial charge in [-0.05, 0) is 25.3 Å². The lowest BCUT2D eigenvalue weighted by Gasteiger charge is -2.10. The third kappa shape index (κ3) is 1.67. The van der Waals surface area contributed by atoms with Gasteiger partial charge in [-0.25, -0.2) is 4.79 Å². The van der Waals surface area contributed by atoms with Crippen molar-refractivity contribution in [1.82, 2.24) is 4.57 Å². The Morgan fingerprint density at radius 3 is 2.57 bits per heavy atom. The number of aromatic nitrogens is 1. The Balaban J connectivity index is 3.21. The van der Waals surface area contributed by atoms with Gasteiger partial charge in [-0.15, -0.1) is 0 Å². The molecule has 1 unspecified atom stereocenters. The lowest BCUT2D eigenvalue weighted by Crippen LogP contribution is -2.02. The average molecular weight is 195 g/mol. The van der Waals surface area contributed by atoms with E-state index in [2.05, 4.69) is 13.8 Å². The van der Waals surface area contributed by atoms with Crippen molar-refractivity contribution in [2.45, 2.75) is 33.1 Å². The summed E-state index contributed by atoms with van der Waals surface area (Å²) < 4.78 is 1.97. The van der Waals surface area contributed by atoms with Crippen molar-refractivity contribution < 1.29 is 9.90 Å². The standard InChI is InChI=1S/C11H17NO2/c1-5-7(2)10-6-9(11(13)14)8(3)12(10)4/h6-7H,5H2,1-4H3,(H,13,14). The molecule has 1 aromatic heterocycles. The number of nitrogens with zero attached hydrogens (tertiary/aromatic N) is 1. The van der Waals surface area contributed by atoms with Gasteiger partial charge in [0.15, 0.2) is 0 Å². The second kappa shape index (κ2) is 3.86. The molecule has 0 spiro atoms. The van der Waals surface area contributed by atoms with Crippen LogP contribution in [0.15, 0.2) is 6.07 Å². The summed E-state index contributed by atoms with van der Waals surface area (Å²) in [5.74, 6) is -0.431. The molecule has 0 aromatic carbocycles. The molecule has 1 N–H and O–H groups in total. The first kappa shape index (κ1) is 10.8. The number of carboxylic acid groups (broad SMARTS) is 1. The second-order valence-corrected chi connectivity index (χ2v) is 3.74. The molecule has 0 saturated heterocycles. The first-order valence-corrected chi connectivity index (χ1v) is 4.88. The van der Waals surface area contributed by atoms with E-state index in [1.807, 2.05) is 18.5 Å². The molecule has 0 amide bonds. The summed E-state index contributed by atoms with van der Waals surface area (Å²) in [6.07, 6.45) is 1.02. The maximum absolute atomic E-state index is 10.9. The zero-order valence-electron chi connectivity index (χ0n) is 9.16. The van der Waals surface area contributed by atoms with Gasteiger partial charge in [0.05, 0.1) is 5.56 Å². The van der Waals surface area contributed by atoms with Crippen molar-refractivity contribution in [3.05, 3.63) is 23.0 Å². The van der Waals surface area contributed by atoms with E-state index in [1.165, 1.54) is 0 Å². The van der Waals surface area contributed by atoms with Crippen LogP contribution in [0.3, 0.4) is 0 Å². The number of rotatable bonds is 3. The average Bonchev–Trinajstić information content (AvgIpc) is 2.43. The molecule has 0 aliphatic heterocycles. The molecular weight excluding hydrogens is 178 g/mol. The Bertz CT molecular complexity index is 352. The molecule has 0 radical (unpaired) electrons. The van der Waals surface area contributed by atoms with Crippen LogP contribution in [-0.2, 0) is 7.05 Å². The van der Waals surface area contributed by atoms with Gasteiger partial charge >= 0.3 is 5.97 Å². The minimum Gasteiger partial charge on any atom is -0.478 e. The SMILES string of the molecule is CCC(C)c1cc(C(=O)O)c(C)n1C. The van der Waals surface area contributed by atoms with Crippen LogP contribution in [0.25, 0.3) is 0 Å². The molecule has 0 aliphatic rings. The van der Waals surface area contributed by atoms with Crippen molar-refractivity contribution in [2.75, 3.05) is 0 Å². The van der Waals surface area contributed by atoms with E-state index in [0.29, 0.717) is 11.5 Å². The zero-order valence-corrected chi connectivity index (χ0v) is 9.16. The summed E-state index contributed by atoms with van der Waals surface area (Å²) in [6.45, 7) is 6.06. The number of carbonyl (C=O) groups is 1. The Morgan fingerprint density at radius 2 is 2.21 bits per heavy atom. The van der Waals surface area contributed by atoms with Crippen molar-refractivity contribution >= 4 is 5.97 Å². The van der Waals surface area contributed by atoms with E-state index in [4.69, 9.17) is 5.11 Å². The van der Waals surface area contributed by atoms with Crippen LogP contribution in [0.5, 0.6) is 0 Å². The summed E-state index contributed by atoms with van der Waals surface area (Å²) in [5.41, 5.74) is 2.35. The maximum Gasteiger partial charge on any atom is 0.337 e. The number of aromatic carboxylic acids is 1. The van der Waals surface area contributed by atoms with Crippen LogP contribution in [0.1, 0.15) is 47.9 Å². The molecule has 3 nitrogen and oxygen atoms in total. The Kier molecular flexibility index (Phi) is 2.99. The minimum absolute atomic E-state index is 0.409. The van der Waals surface area contributed by atoms with Crippen LogP contribution >= 0.6 is 0 Å². The number of hydrogen-bond donors (Lipinski definition) is 1. The number of carboxylic acids is 1. The highest BCUT2D eigenvalue weighted by Gasteiger charge is 2.17. The molecule has 1 atom stereocenters. The van der Waals surface area contributed by atoms with Crippen LogP contribution in [0.2, 0.25) is 0 Å². The predicted molar refractivity (Wildman–Crippen MR) is 55.8 cm³/mol. The van der Waals surface area contributed by atoms with Gasteiger partial charge in [0.2, 0.25) is 0 Å². The van der Waals surface area contributed by atoms with Gasteiger partial charge in [0, 0.05) is 18.4 Å². The van der Waals surface area contributed by atoms with Gasteiger partial charge in [0.25, 0.3) is 0 Å². The summed E-state index contributed by atoms with van der Waals surface area (Å²) in [6, 6.07) is 1.78. The Labute approximate surface area is 84.4 Å². The number of hydrogen-bond acceptors (Lipinski definition) is 1. The van der Waals surface area contributed by atoms with E-state index in [0.717, 1.165) is 17.8 Å². The highest BCUT2D eigenvalue weighted by molar-refractivity contribution is 5.89. The molecule has 0 fully saturated rings. The van der Waals surface area contributed by atoms with Gasteiger partial charge in [-0.2, -0.15) is 0 Å². The summed E-state index contributed by atoms with van der Waals surface area (Å²) in [5, 5.41) is 8.94. The third-order valence-electron chi connectivity index (χ3n) is 2.92. The Hall–Kier alpha value is -1.25. The summed E-state index contributed by atoms with van der Waals surface area (Å²) in [4.78, 5) is 10.9. The van der Waals surface area contributed by atoms with E-state index >= 15 is 0 Å². The lowest BCUT2D eigenvalue weighted by molar-refractivity contribution is 0.0696. The maximum atomic E-state index is 10.9. The molecular formula is C11H17NO2. The summed E-state index contributed by atoms with van der Waals surface area (Å²) >= 11 is 0. The highest BCUT2D eigenvalue weighted by atomic mass is 16.4. The van der Waals surface area contributed by atoms with E-state index in [9.17, 15) is 4.79 Å². The lowest BCUT2D eigenvalue weighted by atomic mass is 10.0. The van der Waals surface area contributed by atoms with Crippen LogP contribution in [0, 0.1) is 6.92 Å². The fraction of sp³-hybridized carbons (Fsp3) is 0.545. The molecule has 3 heteroatoms. The third-order valence-corrected chi connectivity index (χ3v) is 2.92. The molecule has 1 heterocycles. The quantitative estimate of drug-likeness (QED) is 0.805. The summed E-state index contributed by atoms with van der Waals surface area (Å²) in [7, 11) is 1.92. The predicted octanol–water partition coefficient (Wildman–Crippen LogP) is 2.55. The molecule has 1 aromatic rings. The zero-order chi connectivity index (χ0) is 10.9. The van der Waals surface area contributed by atoms with Gasteiger partial charge in [0.1, 0.15) is 0 Å². The monoisotopic (exact) mass is 195 g/mol. The van der Waals surface area contributed by atoms with E-state index in [1.54, 1.807) is 6.07 Å². The fourth-order valence-corrected chi connectivity index (χ4v) is 1.62. The fourth-order valence-electron chi connectivity index (χ4n) is 1.62. The van der Waals surface area contributed by atoms with Crippen molar-refractivity contribution in [1.29, 1.82) is 0 Å². The van der Waals surface area contributed by atoms with Crippen LogP contribution in [0.4, 0.5) is 0 Å². The Morgan fingerprint density at radius 1 is 1.64 bits per heavy atom. The molecule has 0 bridgehead atoms. The molecule has 0 saturated carbocycles. The van der Waals surface area contributed by atoms with Gasteiger partial charge < -0.3 is 9.67 Å².